The summed E-state index contributed by atoms with van der Waals surface area (Å²) in [7, 11) is 0. The van der Waals surface area contributed by atoms with E-state index in [-0.39, 0.29) is 5.76 Å². The number of benzene rings is 1. The Bertz CT molecular complexity index is 740. The molecule has 0 aliphatic heterocycles. The van der Waals surface area contributed by atoms with Gasteiger partial charge in [-0.2, -0.15) is 5.10 Å². The Morgan fingerprint density at radius 2 is 2.04 bits per heavy atom. The van der Waals surface area contributed by atoms with Crippen LogP contribution in [0.25, 0.3) is 0 Å². The van der Waals surface area contributed by atoms with Crippen molar-refractivity contribution in [1.82, 2.24) is 5.43 Å². The average Bonchev–Trinajstić information content (AvgIpc) is 2.97. The highest BCUT2D eigenvalue weighted by Gasteiger charge is 2.12. The second kappa shape index (κ2) is 8.54. The third-order valence-electron chi connectivity index (χ3n) is 2.96. The van der Waals surface area contributed by atoms with Gasteiger partial charge in [0.1, 0.15) is 5.76 Å². The van der Waals surface area contributed by atoms with Gasteiger partial charge in [-0.1, -0.05) is 0 Å². The number of rotatable bonds is 7. The third kappa shape index (κ3) is 4.61. The Morgan fingerprint density at radius 1 is 1.29 bits per heavy atom. The predicted octanol–water partition coefficient (Wildman–Crippen LogP) is 3.91. The number of hydrogen-bond donors (Lipinski definition) is 1. The van der Waals surface area contributed by atoms with Crippen molar-refractivity contribution in [3.63, 3.8) is 0 Å². The van der Waals surface area contributed by atoms with Crippen LogP contribution in [-0.2, 0) is 0 Å². The molecule has 128 valence electrons. The van der Waals surface area contributed by atoms with E-state index in [1.54, 1.807) is 25.1 Å². The number of nitrogens with one attached hydrogen (secondary N) is 1. The quantitative estimate of drug-likeness (QED) is 0.570. The molecule has 0 saturated heterocycles. The zero-order valence-electron chi connectivity index (χ0n) is 13.8. The van der Waals surface area contributed by atoms with Crippen LogP contribution >= 0.6 is 15.9 Å². The van der Waals surface area contributed by atoms with Crippen molar-refractivity contribution in [2.24, 2.45) is 5.10 Å². The Balaban J connectivity index is 2.12. The number of hydrazone groups is 1. The molecule has 24 heavy (non-hydrogen) atoms. The highest BCUT2D eigenvalue weighted by Crippen LogP contribution is 2.36. The van der Waals surface area contributed by atoms with Crippen LogP contribution in [0.2, 0.25) is 0 Å². The first-order chi connectivity index (χ1) is 11.5. The molecule has 1 aromatic heterocycles. The van der Waals surface area contributed by atoms with Crippen molar-refractivity contribution >= 4 is 28.1 Å². The highest BCUT2D eigenvalue weighted by molar-refractivity contribution is 9.10. The van der Waals surface area contributed by atoms with Crippen LogP contribution in [0, 0.1) is 6.92 Å². The molecule has 1 N–H and O–H groups in total. The number of furan rings is 1. The molecule has 2 aromatic rings. The first kappa shape index (κ1) is 18.1. The summed E-state index contributed by atoms with van der Waals surface area (Å²) in [6, 6.07) is 6.95. The lowest BCUT2D eigenvalue weighted by atomic mass is 10.2. The lowest BCUT2D eigenvalue weighted by Crippen LogP contribution is -2.16. The molecule has 1 amide bonds. The van der Waals surface area contributed by atoms with E-state index in [1.165, 1.54) is 6.21 Å². The Morgan fingerprint density at radius 3 is 2.67 bits per heavy atom. The van der Waals surface area contributed by atoms with Crippen molar-refractivity contribution < 1.29 is 18.7 Å². The average molecular weight is 395 g/mol. The molecule has 0 bridgehead atoms. The molecule has 0 atom stereocenters. The molecular formula is C17H19BrN2O4. The monoisotopic (exact) mass is 394 g/mol. The Hall–Kier alpha value is -2.28. The van der Waals surface area contributed by atoms with Crippen molar-refractivity contribution in [1.29, 1.82) is 0 Å². The SMILES string of the molecule is CCOc1cc(/C=N/NC(=O)c2ccc(C)o2)cc(Br)c1OCC. The number of amides is 1. The summed E-state index contributed by atoms with van der Waals surface area (Å²) in [6.45, 7) is 6.62. The van der Waals surface area contributed by atoms with Gasteiger partial charge < -0.3 is 13.9 Å². The predicted molar refractivity (Wildman–Crippen MR) is 95.0 cm³/mol. The minimum Gasteiger partial charge on any atom is -0.490 e. The number of aryl methyl sites for hydroxylation is 1. The first-order valence-corrected chi connectivity index (χ1v) is 8.33. The maximum atomic E-state index is 11.9. The van der Waals surface area contributed by atoms with Crippen LogP contribution in [-0.4, -0.2) is 25.3 Å². The van der Waals surface area contributed by atoms with Crippen LogP contribution in [0.4, 0.5) is 0 Å². The molecule has 6 nitrogen and oxygen atoms in total. The highest BCUT2D eigenvalue weighted by atomic mass is 79.9. The standard InChI is InChI=1S/C17H19BrN2O4/c1-4-22-15-9-12(8-13(18)16(15)23-5-2)10-19-20-17(21)14-7-6-11(3)24-14/h6-10H,4-5H2,1-3H3,(H,20,21)/b19-10+. The topological polar surface area (TPSA) is 73.1 Å². The maximum absolute atomic E-state index is 11.9. The summed E-state index contributed by atoms with van der Waals surface area (Å²) in [6.07, 6.45) is 1.52. The van der Waals surface area contributed by atoms with Crippen molar-refractivity contribution in [2.75, 3.05) is 13.2 Å². The number of carbonyl (C=O) groups excluding carboxylic acids is 1. The van der Waals surface area contributed by atoms with Crippen LogP contribution in [0.3, 0.4) is 0 Å². The van der Waals surface area contributed by atoms with Gasteiger partial charge in [-0.25, -0.2) is 5.43 Å². The van der Waals surface area contributed by atoms with Crippen LogP contribution in [0.15, 0.2) is 38.3 Å². The van der Waals surface area contributed by atoms with Crippen molar-refractivity contribution in [3.8, 4) is 11.5 Å². The van der Waals surface area contributed by atoms with Crippen LogP contribution < -0.4 is 14.9 Å². The molecule has 0 fully saturated rings. The molecule has 1 heterocycles. The maximum Gasteiger partial charge on any atom is 0.307 e. The van der Waals surface area contributed by atoms with Gasteiger partial charge in [-0.3, -0.25) is 4.79 Å². The third-order valence-corrected chi connectivity index (χ3v) is 3.55. The summed E-state index contributed by atoms with van der Waals surface area (Å²) < 4.78 is 17.2. The molecule has 0 aliphatic carbocycles. The van der Waals surface area contributed by atoms with E-state index >= 15 is 0 Å². The normalized spacial score (nSPS) is 10.8. The van der Waals surface area contributed by atoms with Gasteiger partial charge in [0.2, 0.25) is 0 Å². The summed E-state index contributed by atoms with van der Waals surface area (Å²) in [5.74, 6) is 1.73. The van der Waals surface area contributed by atoms with E-state index in [1.807, 2.05) is 19.9 Å². The largest absolute Gasteiger partial charge is 0.490 e. The number of carbonyl (C=O) groups is 1. The molecule has 0 saturated carbocycles. The van der Waals surface area contributed by atoms with Crippen molar-refractivity contribution in [3.05, 3.63) is 45.8 Å². The van der Waals surface area contributed by atoms with Gasteiger partial charge in [-0.15, -0.1) is 0 Å². The molecule has 7 heteroatoms. The van der Waals surface area contributed by atoms with E-state index < -0.39 is 5.91 Å². The van der Waals surface area contributed by atoms with Gasteiger partial charge in [0, 0.05) is 0 Å². The van der Waals surface area contributed by atoms with Gasteiger partial charge in [-0.05, 0) is 66.5 Å². The van der Waals surface area contributed by atoms with Gasteiger partial charge in [0.15, 0.2) is 17.3 Å². The van der Waals surface area contributed by atoms with E-state index in [0.29, 0.717) is 30.5 Å². The second-order valence-corrected chi connectivity index (χ2v) is 5.66. The van der Waals surface area contributed by atoms with E-state index in [9.17, 15) is 4.79 Å². The van der Waals surface area contributed by atoms with E-state index in [0.717, 1.165) is 10.0 Å². The molecule has 0 unspecified atom stereocenters. The van der Waals surface area contributed by atoms with Crippen LogP contribution in [0.5, 0.6) is 11.5 Å². The van der Waals surface area contributed by atoms with E-state index in [2.05, 4.69) is 26.5 Å². The van der Waals surface area contributed by atoms with E-state index in [4.69, 9.17) is 13.9 Å². The summed E-state index contributed by atoms with van der Waals surface area (Å²) in [5.41, 5.74) is 3.18. The minimum atomic E-state index is -0.408. The molecular weight excluding hydrogens is 376 g/mol. The number of halogens is 1. The summed E-state index contributed by atoms with van der Waals surface area (Å²) >= 11 is 3.46. The Kier molecular flexibility index (Phi) is 6.43. The second-order valence-electron chi connectivity index (χ2n) is 4.81. The smallest absolute Gasteiger partial charge is 0.307 e. The number of hydrogen-bond acceptors (Lipinski definition) is 5. The lowest BCUT2D eigenvalue weighted by Gasteiger charge is -2.13. The fraction of sp³-hybridized carbons (Fsp3) is 0.294. The molecule has 0 spiro atoms. The van der Waals surface area contributed by atoms with Gasteiger partial charge >= 0.3 is 5.91 Å². The van der Waals surface area contributed by atoms with Gasteiger partial charge in [0.25, 0.3) is 0 Å². The summed E-state index contributed by atoms with van der Waals surface area (Å²) in [5, 5.41) is 3.94. The Labute approximate surface area is 149 Å². The number of ether oxygens (including phenoxy) is 2. The molecule has 2 rings (SSSR count). The van der Waals surface area contributed by atoms with Crippen LogP contribution in [0.1, 0.15) is 35.7 Å². The number of nitrogens with zero attached hydrogens (tertiary/aromatic N) is 1. The fourth-order valence-electron chi connectivity index (χ4n) is 1.99. The molecule has 0 radical (unpaired) electrons. The molecule has 0 aliphatic rings. The fourth-order valence-corrected chi connectivity index (χ4v) is 2.56. The minimum absolute atomic E-state index is 0.215. The zero-order valence-corrected chi connectivity index (χ0v) is 15.3. The zero-order chi connectivity index (χ0) is 17.5. The van der Waals surface area contributed by atoms with Crippen molar-refractivity contribution in [2.45, 2.75) is 20.8 Å². The summed E-state index contributed by atoms with van der Waals surface area (Å²) in [4.78, 5) is 11.9. The van der Waals surface area contributed by atoms with Gasteiger partial charge in [0.05, 0.1) is 23.9 Å². The molecule has 1 aromatic carbocycles. The lowest BCUT2D eigenvalue weighted by molar-refractivity contribution is 0.0926. The first-order valence-electron chi connectivity index (χ1n) is 7.54.